The molecule has 0 spiro atoms. The quantitative estimate of drug-likeness (QED) is 0.386. The molecular weight excluding hydrogens is 432 g/mol. The molecule has 1 N–H and O–H groups in total. The van der Waals surface area contributed by atoms with Crippen molar-refractivity contribution in [3.05, 3.63) is 107 Å². The molecule has 172 valence electrons. The minimum Gasteiger partial charge on any atom is -0.354 e. The van der Waals surface area contributed by atoms with Crippen molar-refractivity contribution in [2.24, 2.45) is 0 Å². The van der Waals surface area contributed by atoms with E-state index in [4.69, 9.17) is 11.6 Å². The molecule has 0 aliphatic carbocycles. The van der Waals surface area contributed by atoms with Gasteiger partial charge in [0, 0.05) is 24.5 Å². The van der Waals surface area contributed by atoms with Gasteiger partial charge in [0.1, 0.15) is 6.04 Å². The molecule has 0 saturated heterocycles. The summed E-state index contributed by atoms with van der Waals surface area (Å²) in [6.45, 7) is 2.94. The van der Waals surface area contributed by atoms with Crippen LogP contribution >= 0.6 is 11.6 Å². The average Bonchev–Trinajstić information content (AvgIpc) is 2.83. The van der Waals surface area contributed by atoms with Gasteiger partial charge in [0.15, 0.2) is 0 Å². The van der Waals surface area contributed by atoms with Crippen LogP contribution in [0.4, 0.5) is 0 Å². The van der Waals surface area contributed by atoms with Crippen molar-refractivity contribution < 1.29 is 9.59 Å². The number of rotatable bonds is 11. The molecule has 0 fully saturated rings. The van der Waals surface area contributed by atoms with E-state index in [1.54, 1.807) is 4.90 Å². The lowest BCUT2D eigenvalue weighted by atomic mass is 10.0. The van der Waals surface area contributed by atoms with Gasteiger partial charge < -0.3 is 10.2 Å². The Morgan fingerprint density at radius 3 is 2.12 bits per heavy atom. The summed E-state index contributed by atoms with van der Waals surface area (Å²) in [5, 5.41) is 3.62. The van der Waals surface area contributed by atoms with Crippen LogP contribution in [-0.4, -0.2) is 29.3 Å². The molecule has 0 radical (unpaired) electrons. The Kier molecular flexibility index (Phi) is 9.52. The summed E-state index contributed by atoms with van der Waals surface area (Å²) in [4.78, 5) is 28.6. The third kappa shape index (κ3) is 7.47. The van der Waals surface area contributed by atoms with Gasteiger partial charge >= 0.3 is 0 Å². The molecule has 0 aliphatic rings. The Hall–Kier alpha value is -3.11. The predicted octanol–water partition coefficient (Wildman–Crippen LogP) is 5.44. The normalized spacial score (nSPS) is 11.6. The zero-order chi connectivity index (χ0) is 23.5. The molecule has 3 aromatic rings. The fraction of sp³-hybridized carbons (Fsp3) is 0.286. The first-order valence-corrected chi connectivity index (χ1v) is 11.8. The van der Waals surface area contributed by atoms with Crippen LogP contribution < -0.4 is 5.32 Å². The molecule has 0 saturated carbocycles. The van der Waals surface area contributed by atoms with E-state index in [1.807, 2.05) is 84.9 Å². The summed E-state index contributed by atoms with van der Waals surface area (Å²) < 4.78 is 0. The number of hydrogen-bond donors (Lipinski definition) is 1. The van der Waals surface area contributed by atoms with E-state index in [0.717, 1.165) is 29.5 Å². The Balaban J connectivity index is 1.94. The maximum absolute atomic E-state index is 13.6. The molecule has 0 unspecified atom stereocenters. The third-order valence-electron chi connectivity index (χ3n) is 5.60. The number of carbonyl (C=O) groups excluding carboxylic acids is 2. The monoisotopic (exact) mass is 462 g/mol. The second kappa shape index (κ2) is 12.8. The number of benzene rings is 3. The molecule has 33 heavy (non-hydrogen) atoms. The van der Waals surface area contributed by atoms with Gasteiger partial charge in [-0.15, -0.1) is 0 Å². The maximum atomic E-state index is 13.6. The van der Waals surface area contributed by atoms with Crippen molar-refractivity contribution in [1.82, 2.24) is 10.2 Å². The van der Waals surface area contributed by atoms with Crippen LogP contribution in [0.5, 0.6) is 0 Å². The largest absolute Gasteiger partial charge is 0.354 e. The summed E-state index contributed by atoms with van der Waals surface area (Å²) in [6, 6.07) is 26.3. The van der Waals surface area contributed by atoms with E-state index in [0.29, 0.717) is 18.0 Å². The first-order valence-electron chi connectivity index (χ1n) is 11.5. The van der Waals surface area contributed by atoms with Crippen LogP contribution in [0.2, 0.25) is 5.02 Å². The Morgan fingerprint density at radius 1 is 0.879 bits per heavy atom. The van der Waals surface area contributed by atoms with Crippen LogP contribution in [0.1, 0.15) is 36.5 Å². The standard InChI is InChI=1S/C28H31ClN2O2/c1-2-3-18-30-28(33)26(19-22-12-6-4-7-13-22)31(21-24-16-10-11-17-25(24)29)27(32)20-23-14-8-5-9-15-23/h4-17,26H,2-3,18-21H2,1H3,(H,30,33)/t26-/m1/s1. The van der Waals surface area contributed by atoms with Gasteiger partial charge in [0.05, 0.1) is 6.42 Å². The van der Waals surface area contributed by atoms with E-state index < -0.39 is 6.04 Å². The molecule has 5 heteroatoms. The molecule has 0 bridgehead atoms. The van der Waals surface area contributed by atoms with E-state index in [1.165, 1.54) is 0 Å². The fourth-order valence-electron chi connectivity index (χ4n) is 3.74. The molecule has 2 amide bonds. The van der Waals surface area contributed by atoms with Crippen LogP contribution in [0.15, 0.2) is 84.9 Å². The number of nitrogens with one attached hydrogen (secondary N) is 1. The van der Waals surface area contributed by atoms with Crippen molar-refractivity contribution in [3.63, 3.8) is 0 Å². The maximum Gasteiger partial charge on any atom is 0.243 e. The van der Waals surface area contributed by atoms with E-state index >= 15 is 0 Å². The lowest BCUT2D eigenvalue weighted by Gasteiger charge is -2.32. The highest BCUT2D eigenvalue weighted by Gasteiger charge is 2.30. The predicted molar refractivity (Wildman–Crippen MR) is 134 cm³/mol. The first-order chi connectivity index (χ1) is 16.1. The van der Waals surface area contributed by atoms with Gasteiger partial charge in [-0.05, 0) is 29.2 Å². The lowest BCUT2D eigenvalue weighted by molar-refractivity contribution is -0.140. The number of carbonyl (C=O) groups is 2. The summed E-state index contributed by atoms with van der Waals surface area (Å²) >= 11 is 6.44. The van der Waals surface area contributed by atoms with Crippen LogP contribution in [0.3, 0.4) is 0 Å². The average molecular weight is 463 g/mol. The molecule has 4 nitrogen and oxygen atoms in total. The Bertz CT molecular complexity index is 1020. The first kappa shape index (κ1) is 24.5. The van der Waals surface area contributed by atoms with Crippen LogP contribution in [0, 0.1) is 0 Å². The molecule has 3 rings (SSSR count). The minimum absolute atomic E-state index is 0.104. The molecular formula is C28H31ClN2O2. The SMILES string of the molecule is CCCCNC(=O)[C@@H](Cc1ccccc1)N(Cc1ccccc1Cl)C(=O)Cc1ccccc1. The van der Waals surface area contributed by atoms with Gasteiger partial charge in [-0.1, -0.05) is 104 Å². The van der Waals surface area contributed by atoms with Crippen molar-refractivity contribution in [1.29, 1.82) is 0 Å². The van der Waals surface area contributed by atoms with Crippen molar-refractivity contribution in [2.75, 3.05) is 6.54 Å². The Labute approximate surface area is 201 Å². The Morgan fingerprint density at radius 2 is 1.48 bits per heavy atom. The second-order valence-corrected chi connectivity index (χ2v) is 8.53. The summed E-state index contributed by atoms with van der Waals surface area (Å²) in [5.41, 5.74) is 2.74. The smallest absolute Gasteiger partial charge is 0.243 e. The topological polar surface area (TPSA) is 49.4 Å². The summed E-state index contributed by atoms with van der Waals surface area (Å²) in [6.07, 6.45) is 2.54. The van der Waals surface area contributed by atoms with E-state index in [9.17, 15) is 9.59 Å². The zero-order valence-corrected chi connectivity index (χ0v) is 19.8. The fourth-order valence-corrected chi connectivity index (χ4v) is 3.94. The molecule has 0 aromatic heterocycles. The number of unbranched alkanes of at least 4 members (excludes halogenated alkanes) is 1. The van der Waals surface area contributed by atoms with Crippen LogP contribution in [0.25, 0.3) is 0 Å². The molecule has 0 heterocycles. The van der Waals surface area contributed by atoms with Gasteiger partial charge in [-0.25, -0.2) is 0 Å². The molecule has 0 aliphatic heterocycles. The number of halogens is 1. The van der Waals surface area contributed by atoms with Crippen molar-refractivity contribution in [3.8, 4) is 0 Å². The van der Waals surface area contributed by atoms with E-state index in [-0.39, 0.29) is 24.8 Å². The highest BCUT2D eigenvalue weighted by molar-refractivity contribution is 6.31. The van der Waals surface area contributed by atoms with Crippen molar-refractivity contribution >= 4 is 23.4 Å². The van der Waals surface area contributed by atoms with Gasteiger partial charge in [0.25, 0.3) is 0 Å². The number of amides is 2. The third-order valence-corrected chi connectivity index (χ3v) is 5.97. The number of hydrogen-bond acceptors (Lipinski definition) is 2. The van der Waals surface area contributed by atoms with Crippen LogP contribution in [-0.2, 0) is 29.0 Å². The van der Waals surface area contributed by atoms with Gasteiger partial charge in [-0.2, -0.15) is 0 Å². The summed E-state index contributed by atoms with van der Waals surface area (Å²) in [5.74, 6) is -0.242. The molecule has 3 aromatic carbocycles. The highest BCUT2D eigenvalue weighted by Crippen LogP contribution is 2.21. The van der Waals surface area contributed by atoms with Crippen molar-refractivity contribution in [2.45, 2.75) is 45.2 Å². The second-order valence-electron chi connectivity index (χ2n) is 8.13. The molecule has 1 atom stereocenters. The summed E-state index contributed by atoms with van der Waals surface area (Å²) in [7, 11) is 0. The highest BCUT2D eigenvalue weighted by atomic mass is 35.5. The number of nitrogens with zero attached hydrogens (tertiary/aromatic N) is 1. The lowest BCUT2D eigenvalue weighted by Crippen LogP contribution is -2.51. The minimum atomic E-state index is -0.642. The zero-order valence-electron chi connectivity index (χ0n) is 19.0. The van der Waals surface area contributed by atoms with E-state index in [2.05, 4.69) is 12.2 Å². The van der Waals surface area contributed by atoms with Gasteiger partial charge in [0.2, 0.25) is 11.8 Å². The van der Waals surface area contributed by atoms with Gasteiger partial charge in [-0.3, -0.25) is 9.59 Å².